The number of carbonyl (C=O) groups excluding carboxylic acids is 1. The number of nitrogens with two attached hydrogens (primary N) is 1. The second kappa shape index (κ2) is 8.26. The highest BCUT2D eigenvalue weighted by Gasteiger charge is 2.55. The van der Waals surface area contributed by atoms with Crippen LogP contribution in [0.15, 0.2) is 65.6 Å². The third-order valence-electron chi connectivity index (χ3n) is 5.54. The molecule has 172 valence electrons. The van der Waals surface area contributed by atoms with Crippen molar-refractivity contribution in [3.8, 4) is 17.2 Å². The Morgan fingerprint density at radius 2 is 1.58 bits per heavy atom. The summed E-state index contributed by atoms with van der Waals surface area (Å²) in [5, 5.41) is 0.299. The van der Waals surface area contributed by atoms with Crippen molar-refractivity contribution in [3.05, 3.63) is 76.8 Å². The topological polar surface area (TPSA) is 108 Å². The van der Waals surface area contributed by atoms with Crippen LogP contribution in [0, 0.1) is 0 Å². The van der Waals surface area contributed by atoms with E-state index >= 15 is 0 Å². The normalized spacial score (nSPS) is 17.6. The van der Waals surface area contributed by atoms with Crippen molar-refractivity contribution in [2.24, 2.45) is 5.73 Å². The minimum absolute atomic E-state index is 0.0180. The predicted molar refractivity (Wildman–Crippen MR) is 124 cm³/mol. The molecule has 1 atom stereocenters. The first-order chi connectivity index (χ1) is 15.7. The smallest absolute Gasteiger partial charge is 0.274 e. The lowest BCUT2D eigenvalue weighted by atomic mass is 9.84. The fraction of sp³-hybridized carbons (Fsp3) is 0.174. The molecule has 0 aromatic heterocycles. The van der Waals surface area contributed by atoms with Crippen molar-refractivity contribution in [2.75, 3.05) is 25.6 Å². The van der Waals surface area contributed by atoms with E-state index in [0.717, 1.165) is 0 Å². The molecule has 1 heterocycles. The van der Waals surface area contributed by atoms with Crippen LogP contribution in [0.2, 0.25) is 5.02 Å². The molecular formula is C23H21ClN2O6S. The Morgan fingerprint density at radius 1 is 0.879 bits per heavy atom. The monoisotopic (exact) mass is 488 g/mol. The van der Waals surface area contributed by atoms with Gasteiger partial charge in [-0.3, -0.25) is 4.79 Å². The number of ether oxygens (including phenoxy) is 3. The average Bonchev–Trinajstić information content (AvgIpc) is 3.06. The van der Waals surface area contributed by atoms with E-state index < -0.39 is 21.5 Å². The van der Waals surface area contributed by atoms with E-state index in [0.29, 0.717) is 26.4 Å². The zero-order valence-corrected chi connectivity index (χ0v) is 19.6. The van der Waals surface area contributed by atoms with Crippen molar-refractivity contribution in [2.45, 2.75) is 10.4 Å². The van der Waals surface area contributed by atoms with Crippen LogP contribution < -0.4 is 24.2 Å². The molecule has 0 aliphatic carbocycles. The van der Waals surface area contributed by atoms with Gasteiger partial charge < -0.3 is 19.9 Å². The Bertz CT molecular complexity index is 1360. The summed E-state index contributed by atoms with van der Waals surface area (Å²) in [6.45, 7) is 0. The summed E-state index contributed by atoms with van der Waals surface area (Å²) in [6, 6.07) is 15.3. The maximum atomic E-state index is 13.9. The molecule has 0 saturated carbocycles. The van der Waals surface area contributed by atoms with Crippen LogP contribution in [0.5, 0.6) is 17.2 Å². The van der Waals surface area contributed by atoms with Crippen molar-refractivity contribution in [1.29, 1.82) is 0 Å². The Kier molecular flexibility index (Phi) is 5.73. The number of methoxy groups -OCH3 is 3. The van der Waals surface area contributed by atoms with Crippen molar-refractivity contribution in [3.63, 3.8) is 0 Å². The van der Waals surface area contributed by atoms with Crippen LogP contribution >= 0.6 is 11.6 Å². The lowest BCUT2D eigenvalue weighted by Gasteiger charge is -2.26. The van der Waals surface area contributed by atoms with Gasteiger partial charge in [0, 0.05) is 22.2 Å². The van der Waals surface area contributed by atoms with Gasteiger partial charge in [0.1, 0.15) is 22.1 Å². The number of carbonyl (C=O) groups is 1. The Balaban J connectivity index is 1.98. The van der Waals surface area contributed by atoms with Gasteiger partial charge in [0.15, 0.2) is 5.54 Å². The van der Waals surface area contributed by atoms with Crippen LogP contribution in [-0.2, 0) is 20.4 Å². The molecule has 10 heteroatoms. The summed E-state index contributed by atoms with van der Waals surface area (Å²) < 4.78 is 44.2. The van der Waals surface area contributed by atoms with E-state index in [1.54, 1.807) is 24.3 Å². The number of sulfonamides is 1. The van der Waals surface area contributed by atoms with Gasteiger partial charge in [-0.05, 0) is 36.4 Å². The molecule has 1 amide bonds. The largest absolute Gasteiger partial charge is 0.497 e. The maximum Gasteiger partial charge on any atom is 0.274 e. The standard InChI is InChI=1S/C23H21ClN2O6S/c1-30-15-9-11-21(20(13-15)32-3)33(28,29)26-18-10-8-14(24)12-17(18)23(25,22(26)27)16-6-4-5-7-19(16)31-2/h4-13H,25H2,1-3H3. The summed E-state index contributed by atoms with van der Waals surface area (Å²) in [5.74, 6) is -0.125. The van der Waals surface area contributed by atoms with Gasteiger partial charge in [-0.15, -0.1) is 0 Å². The van der Waals surface area contributed by atoms with E-state index in [1.807, 2.05) is 0 Å². The number of rotatable bonds is 6. The first kappa shape index (κ1) is 22.9. The van der Waals surface area contributed by atoms with E-state index in [1.165, 1.54) is 57.7 Å². The zero-order chi connectivity index (χ0) is 24.0. The van der Waals surface area contributed by atoms with Gasteiger partial charge in [0.2, 0.25) is 0 Å². The second-order valence-electron chi connectivity index (χ2n) is 7.26. The molecule has 0 spiro atoms. The molecule has 0 bridgehead atoms. The molecule has 1 aliphatic heterocycles. The molecule has 4 rings (SSSR count). The van der Waals surface area contributed by atoms with E-state index in [-0.39, 0.29) is 21.9 Å². The third kappa shape index (κ3) is 3.40. The third-order valence-corrected chi connectivity index (χ3v) is 7.52. The Hall–Kier alpha value is -3.27. The van der Waals surface area contributed by atoms with Gasteiger partial charge in [-0.2, -0.15) is 0 Å². The van der Waals surface area contributed by atoms with Crippen LogP contribution in [0.1, 0.15) is 11.1 Å². The minimum atomic E-state index is -4.44. The summed E-state index contributed by atoms with van der Waals surface area (Å²) >= 11 is 6.22. The molecule has 33 heavy (non-hydrogen) atoms. The average molecular weight is 489 g/mol. The molecule has 8 nitrogen and oxygen atoms in total. The molecule has 3 aromatic rings. The molecule has 0 fully saturated rings. The van der Waals surface area contributed by atoms with Crippen LogP contribution in [0.25, 0.3) is 0 Å². The molecule has 0 radical (unpaired) electrons. The van der Waals surface area contributed by atoms with Crippen molar-refractivity contribution < 1.29 is 27.4 Å². The Labute approximate surface area is 196 Å². The van der Waals surface area contributed by atoms with Gasteiger partial charge >= 0.3 is 0 Å². The number of nitrogens with zero attached hydrogens (tertiary/aromatic N) is 1. The molecule has 2 N–H and O–H groups in total. The van der Waals surface area contributed by atoms with Crippen molar-refractivity contribution >= 4 is 33.2 Å². The van der Waals surface area contributed by atoms with E-state index in [4.69, 9.17) is 31.5 Å². The number of hydrogen-bond acceptors (Lipinski definition) is 7. The molecule has 1 unspecified atom stereocenters. The highest BCUT2D eigenvalue weighted by atomic mass is 35.5. The molecule has 1 aliphatic rings. The Morgan fingerprint density at radius 3 is 2.24 bits per heavy atom. The quantitative estimate of drug-likeness (QED) is 0.567. The number of hydrogen-bond donors (Lipinski definition) is 1. The first-order valence-electron chi connectivity index (χ1n) is 9.74. The summed E-state index contributed by atoms with van der Waals surface area (Å²) in [4.78, 5) is 13.6. The zero-order valence-electron chi connectivity index (χ0n) is 18.0. The van der Waals surface area contributed by atoms with Crippen molar-refractivity contribution in [1.82, 2.24) is 0 Å². The van der Waals surface area contributed by atoms with Crippen LogP contribution in [0.3, 0.4) is 0 Å². The number of amides is 1. The van der Waals surface area contributed by atoms with E-state index in [9.17, 15) is 13.2 Å². The SMILES string of the molecule is COc1ccc(S(=O)(=O)N2C(=O)C(N)(c3ccccc3OC)c3cc(Cl)ccc32)c(OC)c1. The maximum absolute atomic E-state index is 13.9. The summed E-state index contributed by atoms with van der Waals surface area (Å²) in [7, 11) is -0.223. The first-order valence-corrected chi connectivity index (χ1v) is 11.6. The highest BCUT2D eigenvalue weighted by Crippen LogP contribution is 2.49. The number of anilines is 1. The lowest BCUT2D eigenvalue weighted by Crippen LogP contribution is -2.49. The number of halogens is 1. The molecular weight excluding hydrogens is 468 g/mol. The van der Waals surface area contributed by atoms with Gasteiger partial charge in [-0.1, -0.05) is 29.8 Å². The van der Waals surface area contributed by atoms with Crippen LogP contribution in [-0.4, -0.2) is 35.7 Å². The predicted octanol–water partition coefficient (Wildman–Crippen LogP) is 3.30. The second-order valence-corrected chi connectivity index (χ2v) is 9.45. The van der Waals surface area contributed by atoms with Crippen LogP contribution in [0.4, 0.5) is 5.69 Å². The van der Waals surface area contributed by atoms with E-state index in [2.05, 4.69) is 0 Å². The number of benzene rings is 3. The number of para-hydroxylation sites is 1. The molecule has 3 aromatic carbocycles. The fourth-order valence-electron chi connectivity index (χ4n) is 3.94. The highest BCUT2D eigenvalue weighted by molar-refractivity contribution is 7.93. The number of fused-ring (bicyclic) bond motifs is 1. The fourth-order valence-corrected chi connectivity index (χ4v) is 5.73. The van der Waals surface area contributed by atoms with Gasteiger partial charge in [0.05, 0.1) is 27.0 Å². The summed E-state index contributed by atoms with van der Waals surface area (Å²) in [5.41, 5.74) is 5.49. The van der Waals surface area contributed by atoms with Gasteiger partial charge in [0.25, 0.3) is 15.9 Å². The minimum Gasteiger partial charge on any atom is -0.497 e. The summed E-state index contributed by atoms with van der Waals surface area (Å²) in [6.07, 6.45) is 0. The lowest BCUT2D eigenvalue weighted by molar-refractivity contribution is -0.120. The molecule has 0 saturated heterocycles. The van der Waals surface area contributed by atoms with Gasteiger partial charge in [-0.25, -0.2) is 12.7 Å².